The van der Waals surface area contributed by atoms with Gasteiger partial charge in [0.15, 0.2) is 0 Å². The zero-order valence-electron chi connectivity index (χ0n) is 9.90. The molecule has 1 amide bonds. The molecule has 2 bridgehead atoms. The molecule has 0 aromatic heterocycles. The molecular formula is C13H22N2O. The average molecular weight is 222 g/mol. The predicted octanol–water partition coefficient (Wildman–Crippen LogP) is 1.37. The lowest BCUT2D eigenvalue weighted by Gasteiger charge is -2.31. The summed E-state index contributed by atoms with van der Waals surface area (Å²) >= 11 is 0. The van der Waals surface area contributed by atoms with E-state index in [4.69, 9.17) is 5.73 Å². The Bertz CT molecular complexity index is 284. The van der Waals surface area contributed by atoms with Gasteiger partial charge >= 0.3 is 0 Å². The van der Waals surface area contributed by atoms with Gasteiger partial charge in [0.1, 0.15) is 0 Å². The van der Waals surface area contributed by atoms with Crippen molar-refractivity contribution in [2.45, 2.75) is 44.6 Å². The lowest BCUT2D eigenvalue weighted by molar-refractivity contribution is -0.138. The van der Waals surface area contributed by atoms with Crippen LogP contribution in [0.4, 0.5) is 0 Å². The van der Waals surface area contributed by atoms with E-state index in [-0.39, 0.29) is 5.92 Å². The van der Waals surface area contributed by atoms with Crippen LogP contribution in [-0.2, 0) is 4.79 Å². The number of hydrogen-bond acceptors (Lipinski definition) is 2. The fourth-order valence-electron chi connectivity index (χ4n) is 4.05. The first-order valence-corrected chi connectivity index (χ1v) is 6.80. The van der Waals surface area contributed by atoms with Gasteiger partial charge in [0.25, 0.3) is 0 Å². The van der Waals surface area contributed by atoms with E-state index in [9.17, 15) is 4.79 Å². The van der Waals surface area contributed by atoms with E-state index >= 15 is 0 Å². The van der Waals surface area contributed by atoms with Crippen LogP contribution >= 0.6 is 0 Å². The molecule has 4 atom stereocenters. The van der Waals surface area contributed by atoms with Crippen LogP contribution in [0.15, 0.2) is 0 Å². The Morgan fingerprint density at radius 2 is 2.12 bits per heavy atom. The van der Waals surface area contributed by atoms with Crippen LogP contribution in [0.25, 0.3) is 0 Å². The summed E-state index contributed by atoms with van der Waals surface area (Å²) in [7, 11) is 0. The molecule has 0 aromatic rings. The molecule has 0 spiro atoms. The molecule has 2 saturated carbocycles. The number of nitrogens with zero attached hydrogens (tertiary/aromatic N) is 1. The molecule has 3 nitrogen and oxygen atoms in total. The third kappa shape index (κ3) is 1.56. The van der Waals surface area contributed by atoms with Gasteiger partial charge in [-0.1, -0.05) is 6.42 Å². The van der Waals surface area contributed by atoms with Crippen LogP contribution in [0.5, 0.6) is 0 Å². The maximum Gasteiger partial charge on any atom is 0.226 e. The molecule has 1 saturated heterocycles. The van der Waals surface area contributed by atoms with Gasteiger partial charge in [0.2, 0.25) is 5.91 Å². The van der Waals surface area contributed by atoms with Crippen molar-refractivity contribution >= 4 is 5.91 Å². The number of fused-ring (bicyclic) bond motifs is 2. The van der Waals surface area contributed by atoms with Gasteiger partial charge in [-0.25, -0.2) is 0 Å². The van der Waals surface area contributed by atoms with Crippen molar-refractivity contribution in [1.29, 1.82) is 0 Å². The number of piperidine rings is 1. The number of carbonyl (C=O) groups excluding carboxylic acids is 1. The Kier molecular flexibility index (Phi) is 2.66. The van der Waals surface area contributed by atoms with Crippen molar-refractivity contribution in [3.8, 4) is 0 Å². The normalized spacial score (nSPS) is 41.9. The van der Waals surface area contributed by atoms with E-state index < -0.39 is 0 Å². The molecular weight excluding hydrogens is 200 g/mol. The van der Waals surface area contributed by atoms with Gasteiger partial charge in [0, 0.05) is 18.5 Å². The molecule has 1 heterocycles. The van der Waals surface area contributed by atoms with Crippen LogP contribution in [0.1, 0.15) is 38.5 Å². The summed E-state index contributed by atoms with van der Waals surface area (Å²) in [5.41, 5.74) is 5.77. The Labute approximate surface area is 97.4 Å². The van der Waals surface area contributed by atoms with E-state index in [0.717, 1.165) is 25.3 Å². The maximum atomic E-state index is 12.5. The number of carbonyl (C=O) groups is 1. The van der Waals surface area contributed by atoms with Gasteiger partial charge in [-0.3, -0.25) is 4.79 Å². The largest absolute Gasteiger partial charge is 0.339 e. The van der Waals surface area contributed by atoms with Crippen LogP contribution in [-0.4, -0.2) is 29.9 Å². The van der Waals surface area contributed by atoms with Crippen LogP contribution in [0, 0.1) is 17.8 Å². The lowest BCUT2D eigenvalue weighted by Crippen LogP contribution is -2.43. The summed E-state index contributed by atoms with van der Waals surface area (Å²) < 4.78 is 0. The third-order valence-electron chi connectivity index (χ3n) is 4.97. The highest BCUT2D eigenvalue weighted by atomic mass is 16.2. The van der Waals surface area contributed by atoms with Crippen LogP contribution in [0.3, 0.4) is 0 Å². The Morgan fingerprint density at radius 3 is 2.75 bits per heavy atom. The molecule has 3 aliphatic rings. The minimum atomic E-state index is 0.254. The summed E-state index contributed by atoms with van der Waals surface area (Å²) in [4.78, 5) is 14.7. The zero-order valence-corrected chi connectivity index (χ0v) is 9.90. The highest BCUT2D eigenvalue weighted by Gasteiger charge is 2.44. The number of rotatable bonds is 2. The summed E-state index contributed by atoms with van der Waals surface area (Å²) in [5, 5.41) is 0. The van der Waals surface area contributed by atoms with Gasteiger partial charge in [-0.2, -0.15) is 0 Å². The molecule has 4 unspecified atom stereocenters. The molecule has 0 radical (unpaired) electrons. The zero-order chi connectivity index (χ0) is 11.1. The summed E-state index contributed by atoms with van der Waals surface area (Å²) in [5.74, 6) is 1.96. The molecule has 3 heteroatoms. The number of amides is 1. The van der Waals surface area contributed by atoms with Crippen molar-refractivity contribution in [2.75, 3.05) is 13.1 Å². The first kappa shape index (κ1) is 10.6. The second-order valence-electron chi connectivity index (χ2n) is 5.86. The average Bonchev–Trinajstić information content (AvgIpc) is 3.02. The fraction of sp³-hybridized carbons (Fsp3) is 0.923. The van der Waals surface area contributed by atoms with Crippen LogP contribution in [0.2, 0.25) is 0 Å². The quantitative estimate of drug-likeness (QED) is 0.767. The molecule has 2 N–H and O–H groups in total. The maximum absolute atomic E-state index is 12.5. The highest BCUT2D eigenvalue weighted by Crippen LogP contribution is 2.40. The van der Waals surface area contributed by atoms with Gasteiger partial charge in [0.05, 0.1) is 0 Å². The van der Waals surface area contributed by atoms with Crippen molar-refractivity contribution in [3.63, 3.8) is 0 Å². The van der Waals surface area contributed by atoms with E-state index in [2.05, 4.69) is 4.90 Å². The minimum Gasteiger partial charge on any atom is -0.339 e. The summed E-state index contributed by atoms with van der Waals surface area (Å²) in [6.07, 6.45) is 7.30. The second kappa shape index (κ2) is 4.02. The molecule has 3 rings (SSSR count). The fourth-order valence-corrected chi connectivity index (χ4v) is 4.05. The smallest absolute Gasteiger partial charge is 0.226 e. The number of hydrogen-bond donors (Lipinski definition) is 1. The van der Waals surface area contributed by atoms with E-state index in [0.29, 0.717) is 24.4 Å². The third-order valence-corrected chi connectivity index (χ3v) is 4.97. The lowest BCUT2D eigenvalue weighted by atomic mass is 9.94. The van der Waals surface area contributed by atoms with Gasteiger partial charge in [-0.15, -0.1) is 0 Å². The topological polar surface area (TPSA) is 46.3 Å². The first-order valence-electron chi connectivity index (χ1n) is 6.80. The van der Waals surface area contributed by atoms with Gasteiger partial charge < -0.3 is 10.6 Å². The van der Waals surface area contributed by atoms with Crippen molar-refractivity contribution in [1.82, 2.24) is 4.90 Å². The van der Waals surface area contributed by atoms with E-state index in [1.165, 1.54) is 25.7 Å². The molecule has 16 heavy (non-hydrogen) atoms. The van der Waals surface area contributed by atoms with Crippen molar-refractivity contribution in [2.24, 2.45) is 23.5 Å². The predicted molar refractivity (Wildman–Crippen MR) is 62.7 cm³/mol. The SMILES string of the molecule is NCC1CCCC1C(=O)N1CC2CCC1C2. The van der Waals surface area contributed by atoms with E-state index in [1.54, 1.807) is 0 Å². The number of likely N-dealkylation sites (tertiary alicyclic amines) is 1. The molecule has 2 aliphatic carbocycles. The summed E-state index contributed by atoms with van der Waals surface area (Å²) in [6.45, 7) is 1.73. The first-order chi connectivity index (χ1) is 7.79. The minimum absolute atomic E-state index is 0.254. The Morgan fingerprint density at radius 1 is 1.25 bits per heavy atom. The second-order valence-corrected chi connectivity index (χ2v) is 5.86. The standard InChI is InChI=1S/C13H22N2O/c14-7-10-2-1-3-12(10)13(16)15-8-9-4-5-11(15)6-9/h9-12H,1-8,14H2. The van der Waals surface area contributed by atoms with Crippen LogP contribution < -0.4 is 5.73 Å². The molecule has 90 valence electrons. The number of nitrogens with two attached hydrogens (primary N) is 1. The summed E-state index contributed by atoms with van der Waals surface area (Å²) in [6, 6.07) is 0.580. The molecule has 3 fully saturated rings. The highest BCUT2D eigenvalue weighted by molar-refractivity contribution is 5.80. The van der Waals surface area contributed by atoms with Crippen molar-refractivity contribution < 1.29 is 4.79 Å². The monoisotopic (exact) mass is 222 g/mol. The Hall–Kier alpha value is -0.570. The molecule has 1 aliphatic heterocycles. The Balaban J connectivity index is 1.68. The van der Waals surface area contributed by atoms with E-state index in [1.807, 2.05) is 0 Å². The van der Waals surface area contributed by atoms with Gasteiger partial charge in [-0.05, 0) is 50.5 Å². The van der Waals surface area contributed by atoms with Crippen molar-refractivity contribution in [3.05, 3.63) is 0 Å². The molecule has 0 aromatic carbocycles.